The van der Waals surface area contributed by atoms with Crippen molar-refractivity contribution in [2.24, 2.45) is 0 Å². The largest absolute Gasteiger partial charge is 0.382 e. The lowest BCUT2D eigenvalue weighted by Crippen LogP contribution is -1.94. The summed E-state index contributed by atoms with van der Waals surface area (Å²) >= 11 is 0. The number of rotatable bonds is 2. The van der Waals surface area contributed by atoms with Crippen molar-refractivity contribution in [2.75, 3.05) is 20.3 Å². The summed E-state index contributed by atoms with van der Waals surface area (Å²) in [7, 11) is 1.68. The van der Waals surface area contributed by atoms with Crippen molar-refractivity contribution in [1.29, 1.82) is 0 Å². The standard InChI is InChI=1S/C6H6.C4H8O2.2C2H6/c1-2-4-6-5-3-1;1-5-2-4-3-6-4;2*1-2/h1-6H;4H,2-3H2,1H3;2*1-2H3. The van der Waals surface area contributed by atoms with Crippen LogP contribution in [0.1, 0.15) is 27.7 Å². The van der Waals surface area contributed by atoms with E-state index in [0.29, 0.717) is 6.10 Å². The lowest BCUT2D eigenvalue weighted by atomic mass is 10.4. The van der Waals surface area contributed by atoms with Crippen LogP contribution in [0.3, 0.4) is 0 Å². The number of benzene rings is 1. The Balaban J connectivity index is 0. The molecule has 94 valence electrons. The van der Waals surface area contributed by atoms with Gasteiger partial charge in [0.1, 0.15) is 6.10 Å². The highest BCUT2D eigenvalue weighted by atomic mass is 16.6. The van der Waals surface area contributed by atoms with E-state index in [9.17, 15) is 0 Å². The van der Waals surface area contributed by atoms with Gasteiger partial charge in [0.05, 0.1) is 13.2 Å². The predicted octanol–water partition coefficient (Wildman–Crippen LogP) is 3.77. The minimum absolute atomic E-state index is 0.426. The minimum Gasteiger partial charge on any atom is -0.382 e. The van der Waals surface area contributed by atoms with Crippen molar-refractivity contribution in [3.05, 3.63) is 36.4 Å². The highest BCUT2D eigenvalue weighted by molar-refractivity contribution is 4.99. The van der Waals surface area contributed by atoms with E-state index in [2.05, 4.69) is 0 Å². The van der Waals surface area contributed by atoms with Crippen LogP contribution in [0.4, 0.5) is 0 Å². The monoisotopic (exact) mass is 226 g/mol. The molecule has 0 spiro atoms. The van der Waals surface area contributed by atoms with E-state index >= 15 is 0 Å². The normalized spacial score (nSPS) is 15.2. The summed E-state index contributed by atoms with van der Waals surface area (Å²) in [5.74, 6) is 0. The first-order valence-corrected chi connectivity index (χ1v) is 6.04. The van der Waals surface area contributed by atoms with Gasteiger partial charge in [-0.15, -0.1) is 0 Å². The number of epoxide rings is 1. The van der Waals surface area contributed by atoms with Crippen LogP contribution in [0.5, 0.6) is 0 Å². The van der Waals surface area contributed by atoms with E-state index in [-0.39, 0.29) is 0 Å². The third-order valence-corrected chi connectivity index (χ3v) is 1.42. The average molecular weight is 226 g/mol. The molecule has 2 rings (SSSR count). The van der Waals surface area contributed by atoms with Crippen LogP contribution >= 0.6 is 0 Å². The van der Waals surface area contributed by atoms with Gasteiger partial charge in [0, 0.05) is 7.11 Å². The first-order chi connectivity index (χ1) is 7.93. The molecule has 0 bridgehead atoms. The van der Waals surface area contributed by atoms with Crippen LogP contribution in [0.15, 0.2) is 36.4 Å². The summed E-state index contributed by atoms with van der Waals surface area (Å²) in [6, 6.07) is 12.0. The molecule has 1 aromatic carbocycles. The van der Waals surface area contributed by atoms with E-state index < -0.39 is 0 Å². The van der Waals surface area contributed by atoms with Crippen molar-refractivity contribution in [2.45, 2.75) is 33.8 Å². The molecule has 1 aliphatic heterocycles. The summed E-state index contributed by atoms with van der Waals surface area (Å²) in [6.45, 7) is 9.66. The third-order valence-electron chi connectivity index (χ3n) is 1.42. The summed E-state index contributed by atoms with van der Waals surface area (Å²) in [5.41, 5.74) is 0. The number of ether oxygens (including phenoxy) is 2. The maximum Gasteiger partial charge on any atom is 0.104 e. The third kappa shape index (κ3) is 15.6. The quantitative estimate of drug-likeness (QED) is 0.716. The van der Waals surface area contributed by atoms with Gasteiger partial charge in [-0.3, -0.25) is 0 Å². The fraction of sp³-hybridized carbons (Fsp3) is 0.571. The molecule has 0 N–H and O–H groups in total. The highest BCUT2D eigenvalue weighted by Gasteiger charge is 2.21. The summed E-state index contributed by atoms with van der Waals surface area (Å²) in [5, 5.41) is 0. The smallest absolute Gasteiger partial charge is 0.104 e. The Morgan fingerprint density at radius 1 is 0.938 bits per heavy atom. The van der Waals surface area contributed by atoms with Gasteiger partial charge in [-0.25, -0.2) is 0 Å². The lowest BCUT2D eigenvalue weighted by Gasteiger charge is -1.84. The fourth-order valence-corrected chi connectivity index (χ4v) is 0.735. The van der Waals surface area contributed by atoms with Crippen LogP contribution in [0.2, 0.25) is 0 Å². The molecule has 1 fully saturated rings. The first kappa shape index (κ1) is 17.5. The Labute approximate surface area is 101 Å². The van der Waals surface area contributed by atoms with Gasteiger partial charge in [0.25, 0.3) is 0 Å². The molecule has 1 saturated heterocycles. The molecule has 2 heteroatoms. The second kappa shape index (κ2) is 16.6. The van der Waals surface area contributed by atoms with Crippen LogP contribution in [-0.4, -0.2) is 26.4 Å². The van der Waals surface area contributed by atoms with Crippen molar-refractivity contribution >= 4 is 0 Å². The number of methoxy groups -OCH3 is 1. The maximum absolute atomic E-state index is 4.82. The van der Waals surface area contributed by atoms with E-state index in [1.807, 2.05) is 64.1 Å². The Kier molecular flexibility index (Phi) is 18.2. The first-order valence-electron chi connectivity index (χ1n) is 6.04. The minimum atomic E-state index is 0.426. The lowest BCUT2D eigenvalue weighted by molar-refractivity contribution is 0.171. The van der Waals surface area contributed by atoms with Crippen LogP contribution < -0.4 is 0 Å². The summed E-state index contributed by atoms with van der Waals surface area (Å²) in [4.78, 5) is 0. The second-order valence-corrected chi connectivity index (χ2v) is 2.57. The molecule has 1 aliphatic rings. The van der Waals surface area contributed by atoms with Gasteiger partial charge in [0.15, 0.2) is 0 Å². The molecule has 1 atom stereocenters. The molecule has 1 unspecified atom stereocenters. The zero-order chi connectivity index (χ0) is 12.6. The Bertz CT molecular complexity index is 156. The Morgan fingerprint density at radius 3 is 1.38 bits per heavy atom. The topological polar surface area (TPSA) is 21.8 Å². The molecule has 0 saturated carbocycles. The highest BCUT2D eigenvalue weighted by Crippen LogP contribution is 2.06. The van der Waals surface area contributed by atoms with Crippen LogP contribution in [0.25, 0.3) is 0 Å². The second-order valence-electron chi connectivity index (χ2n) is 2.57. The SMILES string of the molecule is CC.CC.COCC1CO1.c1ccccc1. The Morgan fingerprint density at radius 2 is 1.25 bits per heavy atom. The summed E-state index contributed by atoms with van der Waals surface area (Å²) in [6.07, 6.45) is 0.426. The van der Waals surface area contributed by atoms with Crippen molar-refractivity contribution in [3.63, 3.8) is 0 Å². The van der Waals surface area contributed by atoms with Gasteiger partial charge in [-0.2, -0.15) is 0 Å². The molecule has 16 heavy (non-hydrogen) atoms. The van der Waals surface area contributed by atoms with E-state index in [0.717, 1.165) is 13.2 Å². The molecule has 1 aromatic rings. The molecule has 0 aromatic heterocycles. The van der Waals surface area contributed by atoms with Gasteiger partial charge >= 0.3 is 0 Å². The van der Waals surface area contributed by atoms with Gasteiger partial charge in [0.2, 0.25) is 0 Å². The number of hydrogen-bond acceptors (Lipinski definition) is 2. The fourth-order valence-electron chi connectivity index (χ4n) is 0.735. The van der Waals surface area contributed by atoms with E-state index in [4.69, 9.17) is 9.47 Å². The molecule has 0 radical (unpaired) electrons. The van der Waals surface area contributed by atoms with Crippen LogP contribution in [0, 0.1) is 0 Å². The van der Waals surface area contributed by atoms with Crippen molar-refractivity contribution in [1.82, 2.24) is 0 Å². The molecule has 0 aliphatic carbocycles. The zero-order valence-electron chi connectivity index (χ0n) is 11.3. The van der Waals surface area contributed by atoms with E-state index in [1.165, 1.54) is 0 Å². The molecular formula is C14H26O2. The number of hydrogen-bond donors (Lipinski definition) is 0. The van der Waals surface area contributed by atoms with Crippen molar-refractivity contribution in [3.8, 4) is 0 Å². The van der Waals surface area contributed by atoms with Crippen molar-refractivity contribution < 1.29 is 9.47 Å². The predicted molar refractivity (Wildman–Crippen MR) is 70.8 cm³/mol. The average Bonchev–Trinajstić information content (AvgIpc) is 3.22. The summed E-state index contributed by atoms with van der Waals surface area (Å²) < 4.78 is 9.56. The molecule has 1 heterocycles. The van der Waals surface area contributed by atoms with Gasteiger partial charge < -0.3 is 9.47 Å². The van der Waals surface area contributed by atoms with Gasteiger partial charge in [-0.05, 0) is 0 Å². The zero-order valence-corrected chi connectivity index (χ0v) is 11.3. The van der Waals surface area contributed by atoms with E-state index in [1.54, 1.807) is 7.11 Å². The maximum atomic E-state index is 4.82. The van der Waals surface area contributed by atoms with Crippen LogP contribution in [-0.2, 0) is 9.47 Å². The Hall–Kier alpha value is -0.860. The molecular weight excluding hydrogens is 200 g/mol. The molecule has 2 nitrogen and oxygen atoms in total. The van der Waals surface area contributed by atoms with Gasteiger partial charge in [-0.1, -0.05) is 64.1 Å². The molecule has 0 amide bonds.